The maximum Gasteiger partial charge on any atom is 0.262 e. The molecule has 4 rings (SSSR count). The number of aromatic nitrogens is 1. The Morgan fingerprint density at radius 2 is 1.64 bits per heavy atom. The summed E-state index contributed by atoms with van der Waals surface area (Å²) in [4.78, 5) is 11.6. The van der Waals surface area contributed by atoms with Crippen LogP contribution in [0.5, 0.6) is 0 Å². The van der Waals surface area contributed by atoms with Gasteiger partial charge < -0.3 is 19.7 Å². The summed E-state index contributed by atoms with van der Waals surface area (Å²) in [5, 5.41) is 20.2. The average molecular weight is 566 g/mol. The molecule has 0 saturated heterocycles. The molecule has 1 aromatic heterocycles. The maximum absolute atomic E-state index is 13.0. The number of nitrogens with one attached hydrogen (secondary N) is 2. The number of rotatable bonds is 8. The number of carboxylic acids is 1. The number of nitrogens with zero attached hydrogens (tertiary/aromatic N) is 1. The van der Waals surface area contributed by atoms with Gasteiger partial charge in [0.25, 0.3) is 10.0 Å². The molecule has 0 bridgehead atoms. The fourth-order valence-corrected chi connectivity index (χ4v) is 5.52. The van der Waals surface area contributed by atoms with E-state index < -0.39 is 26.5 Å². The minimum absolute atomic E-state index is 0.0192. The lowest BCUT2D eigenvalue weighted by Gasteiger charge is -2.18. The van der Waals surface area contributed by atoms with Gasteiger partial charge in [-0.3, -0.25) is 4.72 Å². The number of aryl methyl sites for hydroxylation is 1. The van der Waals surface area contributed by atoms with Crippen molar-refractivity contribution in [3.05, 3.63) is 92.6 Å². The van der Waals surface area contributed by atoms with Crippen molar-refractivity contribution in [2.24, 2.45) is 0 Å². The summed E-state index contributed by atoms with van der Waals surface area (Å²) in [5.41, 5.74) is 1.08. The van der Waals surface area contributed by atoms with E-state index in [0.717, 1.165) is 0 Å². The summed E-state index contributed by atoms with van der Waals surface area (Å²) in [7, 11) is -4.29. The van der Waals surface area contributed by atoms with E-state index in [9.17, 15) is 18.3 Å². The Morgan fingerprint density at radius 1 is 1.00 bits per heavy atom. The molecule has 0 spiro atoms. The van der Waals surface area contributed by atoms with Crippen LogP contribution in [0.1, 0.15) is 21.7 Å². The first-order valence-electron chi connectivity index (χ1n) is 10.3. The van der Waals surface area contributed by atoms with Crippen molar-refractivity contribution in [3.63, 3.8) is 0 Å². The molecular weight excluding hydrogens is 549 g/mol. The molecule has 0 amide bonds. The third kappa shape index (κ3) is 5.29. The number of aromatic carboxylic acids is 1. The molecule has 2 N–H and O–H groups in total. The normalized spacial score (nSPS) is 11.3. The Balaban J connectivity index is 1.69. The molecule has 0 unspecified atom stereocenters. The van der Waals surface area contributed by atoms with E-state index in [-0.39, 0.29) is 17.9 Å². The topological polar surface area (TPSA) is 124 Å². The molecule has 12 heteroatoms. The molecule has 4 aromatic rings. The van der Waals surface area contributed by atoms with E-state index in [4.69, 9.17) is 39.3 Å². The fraction of sp³-hybridized carbons (Fsp3) is 0.0833. The summed E-state index contributed by atoms with van der Waals surface area (Å²) in [6.07, 6.45) is 0. The standard InChI is InChI=1S/C24H18Cl3N3O5S/c1-13-16(23(29-35-13)21-17(26)4-2-5-18(21)27)12-28-19-6-3-7-20(22(19)24(31)32)36(33,34)30-15-10-8-14(25)9-11-15/h2-11,28,30H,12H2,1H3,(H,31,32)/p-1. The van der Waals surface area contributed by atoms with E-state index in [1.165, 1.54) is 42.5 Å². The maximum atomic E-state index is 13.0. The lowest BCUT2D eigenvalue weighted by molar-refractivity contribution is -0.255. The van der Waals surface area contributed by atoms with Crippen molar-refractivity contribution >= 4 is 62.2 Å². The summed E-state index contributed by atoms with van der Waals surface area (Å²) >= 11 is 18.5. The van der Waals surface area contributed by atoms with Crippen molar-refractivity contribution in [3.8, 4) is 11.3 Å². The summed E-state index contributed by atoms with van der Waals surface area (Å²) in [5.74, 6) is -1.23. The smallest absolute Gasteiger partial charge is 0.262 e. The van der Waals surface area contributed by atoms with Crippen LogP contribution in [0.3, 0.4) is 0 Å². The van der Waals surface area contributed by atoms with Gasteiger partial charge in [0.2, 0.25) is 0 Å². The number of carbonyl (C=O) groups is 1. The highest BCUT2D eigenvalue weighted by molar-refractivity contribution is 7.92. The Hall–Kier alpha value is -3.24. The second-order valence-electron chi connectivity index (χ2n) is 7.59. The predicted molar refractivity (Wildman–Crippen MR) is 137 cm³/mol. The first kappa shape index (κ1) is 25.8. The molecular formula is C24H17Cl3N3O5S-. The monoisotopic (exact) mass is 564 g/mol. The number of halogens is 3. The van der Waals surface area contributed by atoms with Crippen LogP contribution in [0.15, 0.2) is 70.1 Å². The van der Waals surface area contributed by atoms with Gasteiger partial charge in [-0.05, 0) is 55.5 Å². The highest BCUT2D eigenvalue weighted by Crippen LogP contribution is 2.37. The Bertz CT molecular complexity index is 1530. The van der Waals surface area contributed by atoms with E-state index in [1.807, 2.05) is 0 Å². The number of carboxylic acid groups (broad SMARTS) is 1. The van der Waals surface area contributed by atoms with Crippen LogP contribution >= 0.6 is 34.8 Å². The van der Waals surface area contributed by atoms with Crippen LogP contribution in [0.2, 0.25) is 15.1 Å². The number of sulfonamides is 1. The molecule has 0 saturated carbocycles. The van der Waals surface area contributed by atoms with Crippen LogP contribution in [0.4, 0.5) is 11.4 Å². The second-order valence-corrected chi connectivity index (χ2v) is 10.5. The van der Waals surface area contributed by atoms with Gasteiger partial charge in [-0.1, -0.05) is 52.1 Å². The van der Waals surface area contributed by atoms with Crippen LogP contribution in [-0.2, 0) is 16.6 Å². The lowest BCUT2D eigenvalue weighted by Crippen LogP contribution is -2.27. The molecule has 36 heavy (non-hydrogen) atoms. The van der Waals surface area contributed by atoms with E-state index in [0.29, 0.717) is 37.6 Å². The van der Waals surface area contributed by atoms with Crippen molar-refractivity contribution in [1.82, 2.24) is 5.16 Å². The first-order chi connectivity index (χ1) is 17.1. The molecule has 1 heterocycles. The van der Waals surface area contributed by atoms with E-state index in [1.54, 1.807) is 25.1 Å². The number of hydrogen-bond acceptors (Lipinski definition) is 7. The Morgan fingerprint density at radius 3 is 2.28 bits per heavy atom. The zero-order chi connectivity index (χ0) is 26.0. The predicted octanol–water partition coefficient (Wildman–Crippen LogP) is 5.39. The molecule has 0 aliphatic heterocycles. The first-order valence-corrected chi connectivity index (χ1v) is 13.0. The quantitative estimate of drug-likeness (QED) is 0.294. The zero-order valence-electron chi connectivity index (χ0n) is 18.5. The number of anilines is 2. The highest BCUT2D eigenvalue weighted by atomic mass is 35.5. The van der Waals surface area contributed by atoms with Crippen LogP contribution in [0.25, 0.3) is 11.3 Å². The fourth-order valence-electron chi connectivity index (χ4n) is 3.54. The SMILES string of the molecule is Cc1onc(-c2c(Cl)cccc2Cl)c1CNc1cccc(S(=O)(=O)Nc2ccc(Cl)cc2)c1C(=O)[O-]. The highest BCUT2D eigenvalue weighted by Gasteiger charge is 2.24. The average Bonchev–Trinajstić information content (AvgIpc) is 3.18. The number of hydrogen-bond donors (Lipinski definition) is 2. The van der Waals surface area contributed by atoms with Crippen molar-refractivity contribution in [2.45, 2.75) is 18.4 Å². The largest absolute Gasteiger partial charge is 0.545 e. The summed E-state index contributed by atoms with van der Waals surface area (Å²) < 4.78 is 33.8. The second kappa shape index (κ2) is 10.4. The summed E-state index contributed by atoms with van der Waals surface area (Å²) in [6.45, 7) is 1.70. The van der Waals surface area contributed by atoms with Crippen molar-refractivity contribution in [2.75, 3.05) is 10.0 Å². The molecule has 3 aromatic carbocycles. The number of benzene rings is 3. The van der Waals surface area contributed by atoms with Gasteiger partial charge >= 0.3 is 0 Å². The number of carbonyl (C=O) groups excluding carboxylic acids is 1. The van der Waals surface area contributed by atoms with Gasteiger partial charge in [0.15, 0.2) is 0 Å². The molecule has 0 aliphatic rings. The molecule has 0 aliphatic carbocycles. The lowest BCUT2D eigenvalue weighted by atomic mass is 10.1. The minimum Gasteiger partial charge on any atom is -0.545 e. The molecule has 0 fully saturated rings. The van der Waals surface area contributed by atoms with Gasteiger partial charge in [0.1, 0.15) is 11.5 Å². The van der Waals surface area contributed by atoms with Gasteiger partial charge in [-0.15, -0.1) is 0 Å². The Kier molecular flexibility index (Phi) is 7.46. The van der Waals surface area contributed by atoms with Crippen molar-refractivity contribution < 1.29 is 22.8 Å². The third-order valence-electron chi connectivity index (χ3n) is 5.26. The minimum atomic E-state index is -4.29. The van der Waals surface area contributed by atoms with Crippen LogP contribution in [0, 0.1) is 6.92 Å². The van der Waals surface area contributed by atoms with Crippen LogP contribution < -0.4 is 15.1 Å². The van der Waals surface area contributed by atoms with Crippen LogP contribution in [-0.4, -0.2) is 19.5 Å². The van der Waals surface area contributed by atoms with E-state index in [2.05, 4.69) is 15.2 Å². The van der Waals surface area contributed by atoms with Gasteiger partial charge in [0, 0.05) is 39.6 Å². The molecule has 0 radical (unpaired) electrons. The van der Waals surface area contributed by atoms with Crippen molar-refractivity contribution in [1.29, 1.82) is 0 Å². The van der Waals surface area contributed by atoms with Gasteiger partial charge in [-0.25, -0.2) is 8.42 Å². The van der Waals surface area contributed by atoms with Gasteiger partial charge in [0.05, 0.1) is 20.9 Å². The van der Waals surface area contributed by atoms with E-state index >= 15 is 0 Å². The molecule has 0 atom stereocenters. The summed E-state index contributed by atoms with van der Waals surface area (Å²) in [6, 6.07) is 14.9. The Labute approximate surface area is 221 Å². The molecule has 186 valence electrons. The van der Waals surface area contributed by atoms with Gasteiger partial charge in [-0.2, -0.15) is 0 Å². The zero-order valence-corrected chi connectivity index (χ0v) is 21.6. The third-order valence-corrected chi connectivity index (χ3v) is 7.56. The molecule has 8 nitrogen and oxygen atoms in total.